The summed E-state index contributed by atoms with van der Waals surface area (Å²) >= 11 is 6.19. The number of halogens is 1. The number of carboxylic acid groups (broad SMARTS) is 1. The Morgan fingerprint density at radius 3 is 3.00 bits per heavy atom. The van der Waals surface area contributed by atoms with E-state index in [0.29, 0.717) is 10.6 Å². The highest BCUT2D eigenvalue weighted by atomic mass is 35.5. The number of hydrogen-bond acceptors (Lipinski definition) is 3. The molecule has 19 heavy (non-hydrogen) atoms. The minimum absolute atomic E-state index is 0.0175. The van der Waals surface area contributed by atoms with Gasteiger partial charge >= 0.3 is 5.97 Å². The second-order valence-corrected chi connectivity index (χ2v) is 4.57. The Morgan fingerprint density at radius 1 is 1.47 bits per heavy atom. The Kier molecular flexibility index (Phi) is 2.57. The molecule has 0 unspecified atom stereocenters. The molecule has 0 aliphatic carbocycles. The second-order valence-electron chi connectivity index (χ2n) is 4.16. The summed E-state index contributed by atoms with van der Waals surface area (Å²) in [4.78, 5) is 14.3. The molecule has 0 aliphatic heterocycles. The number of aromatic amines is 1. The summed E-state index contributed by atoms with van der Waals surface area (Å²) in [5.74, 6) is -0.874. The summed E-state index contributed by atoms with van der Waals surface area (Å²) in [5, 5.41) is 14.0. The number of aromatic carboxylic acids is 1. The number of rotatable bonds is 2. The summed E-state index contributed by atoms with van der Waals surface area (Å²) in [6.07, 6.45) is 1.19. The summed E-state index contributed by atoms with van der Waals surface area (Å²) in [5.41, 5.74) is 2.26. The predicted octanol–water partition coefficient (Wildman–Crippen LogP) is 3.48. The van der Waals surface area contributed by atoms with Crippen LogP contribution < -0.4 is 0 Å². The largest absolute Gasteiger partial charge is 0.477 e. The van der Waals surface area contributed by atoms with Crippen LogP contribution in [0.25, 0.3) is 22.2 Å². The molecule has 3 aromatic rings. The Hall–Kier alpha value is -2.27. The molecule has 0 fully saturated rings. The first kappa shape index (κ1) is 11.8. The van der Waals surface area contributed by atoms with Crippen molar-refractivity contribution in [3.8, 4) is 11.3 Å². The van der Waals surface area contributed by atoms with Crippen molar-refractivity contribution in [3.05, 3.63) is 40.7 Å². The second kappa shape index (κ2) is 4.13. The van der Waals surface area contributed by atoms with Crippen LogP contribution in [0.5, 0.6) is 0 Å². The molecular weight excluding hydrogens is 268 g/mol. The van der Waals surface area contributed by atoms with E-state index in [1.807, 2.05) is 19.1 Å². The zero-order valence-electron chi connectivity index (χ0n) is 9.90. The molecule has 2 heterocycles. The van der Waals surface area contributed by atoms with Crippen LogP contribution in [0.3, 0.4) is 0 Å². The minimum Gasteiger partial charge on any atom is -0.477 e. The van der Waals surface area contributed by atoms with E-state index in [1.165, 1.54) is 6.20 Å². The van der Waals surface area contributed by atoms with Gasteiger partial charge in [-0.2, -0.15) is 0 Å². The summed E-state index contributed by atoms with van der Waals surface area (Å²) in [6.45, 7) is 1.83. The van der Waals surface area contributed by atoms with E-state index in [4.69, 9.17) is 21.2 Å². The molecule has 1 aromatic carbocycles. The van der Waals surface area contributed by atoms with Gasteiger partial charge in [0.25, 0.3) is 0 Å². The van der Waals surface area contributed by atoms with Crippen LogP contribution in [0.2, 0.25) is 5.02 Å². The number of carboxylic acids is 1. The van der Waals surface area contributed by atoms with E-state index in [9.17, 15) is 4.79 Å². The maximum Gasteiger partial charge on any atom is 0.341 e. The third kappa shape index (κ3) is 1.70. The quantitative estimate of drug-likeness (QED) is 0.751. The lowest BCUT2D eigenvalue weighted by Gasteiger charge is -1.99. The molecule has 0 aliphatic rings. The van der Waals surface area contributed by atoms with Crippen molar-refractivity contribution in [3.63, 3.8) is 0 Å². The highest BCUT2D eigenvalue weighted by Gasteiger charge is 2.23. The van der Waals surface area contributed by atoms with Crippen LogP contribution >= 0.6 is 11.6 Å². The number of aromatic nitrogens is 2. The van der Waals surface area contributed by atoms with Crippen LogP contribution in [0.15, 0.2) is 28.9 Å². The number of aryl methyl sites for hydroxylation is 1. The van der Waals surface area contributed by atoms with Gasteiger partial charge < -0.3 is 14.6 Å². The van der Waals surface area contributed by atoms with Crippen molar-refractivity contribution in [2.45, 2.75) is 6.92 Å². The maximum absolute atomic E-state index is 11.2. The number of benzene rings is 1. The molecule has 2 aromatic heterocycles. The summed E-state index contributed by atoms with van der Waals surface area (Å²) in [7, 11) is 0. The topological polar surface area (TPSA) is 79.1 Å². The van der Waals surface area contributed by atoms with E-state index in [1.54, 1.807) is 6.07 Å². The molecule has 0 spiro atoms. The van der Waals surface area contributed by atoms with Gasteiger partial charge in [-0.15, -0.1) is 0 Å². The van der Waals surface area contributed by atoms with Gasteiger partial charge in [0.1, 0.15) is 5.56 Å². The zero-order valence-corrected chi connectivity index (χ0v) is 10.7. The molecule has 0 saturated carbocycles. The SMILES string of the molecule is Cc1[nH]c2cccc(Cl)c2c1-c1oncc1C(=O)O. The number of fused-ring (bicyclic) bond motifs is 1. The van der Waals surface area contributed by atoms with Gasteiger partial charge in [0.15, 0.2) is 5.76 Å². The third-order valence-corrected chi connectivity index (χ3v) is 3.30. The lowest BCUT2D eigenvalue weighted by atomic mass is 10.1. The van der Waals surface area contributed by atoms with Gasteiger partial charge in [0.2, 0.25) is 0 Å². The minimum atomic E-state index is -1.09. The van der Waals surface area contributed by atoms with Gasteiger partial charge in [-0.25, -0.2) is 4.79 Å². The van der Waals surface area contributed by atoms with Crippen LogP contribution in [-0.4, -0.2) is 21.2 Å². The standard InChI is InChI=1S/C13H9ClN2O3/c1-6-10(12-7(13(17)18)5-15-19-12)11-8(14)3-2-4-9(11)16-6/h2-5,16H,1H3,(H,17,18). The van der Waals surface area contributed by atoms with Crippen molar-refractivity contribution in [1.29, 1.82) is 0 Å². The van der Waals surface area contributed by atoms with Crippen molar-refractivity contribution in [2.24, 2.45) is 0 Å². The molecule has 0 saturated heterocycles. The molecule has 0 amide bonds. The van der Waals surface area contributed by atoms with Crippen LogP contribution in [0.1, 0.15) is 16.1 Å². The smallest absolute Gasteiger partial charge is 0.341 e. The monoisotopic (exact) mass is 276 g/mol. The van der Waals surface area contributed by atoms with Crippen LogP contribution in [0, 0.1) is 6.92 Å². The van der Waals surface area contributed by atoms with Gasteiger partial charge in [0, 0.05) is 16.6 Å². The average molecular weight is 277 g/mol. The van der Waals surface area contributed by atoms with Crippen molar-refractivity contribution in [2.75, 3.05) is 0 Å². The number of H-pyrrole nitrogens is 1. The summed E-state index contributed by atoms with van der Waals surface area (Å²) in [6, 6.07) is 5.44. The number of nitrogens with one attached hydrogen (secondary N) is 1. The Morgan fingerprint density at radius 2 is 2.26 bits per heavy atom. The van der Waals surface area contributed by atoms with E-state index < -0.39 is 5.97 Å². The molecule has 5 nitrogen and oxygen atoms in total. The third-order valence-electron chi connectivity index (χ3n) is 2.99. The fourth-order valence-corrected chi connectivity index (χ4v) is 2.46. The van der Waals surface area contributed by atoms with Gasteiger partial charge in [0.05, 0.1) is 16.8 Å². The molecular formula is C13H9ClN2O3. The highest BCUT2D eigenvalue weighted by Crippen LogP contribution is 2.37. The predicted molar refractivity (Wildman–Crippen MR) is 70.5 cm³/mol. The van der Waals surface area contributed by atoms with E-state index >= 15 is 0 Å². The molecule has 6 heteroatoms. The maximum atomic E-state index is 11.2. The zero-order chi connectivity index (χ0) is 13.6. The van der Waals surface area contributed by atoms with Gasteiger partial charge in [-0.1, -0.05) is 22.8 Å². The van der Waals surface area contributed by atoms with E-state index in [-0.39, 0.29) is 11.3 Å². The molecule has 96 valence electrons. The van der Waals surface area contributed by atoms with Crippen molar-refractivity contribution in [1.82, 2.24) is 10.1 Å². The fourth-order valence-electron chi connectivity index (χ4n) is 2.19. The highest BCUT2D eigenvalue weighted by molar-refractivity contribution is 6.36. The molecule has 2 N–H and O–H groups in total. The Bertz CT molecular complexity index is 788. The van der Waals surface area contributed by atoms with Crippen molar-refractivity contribution < 1.29 is 14.4 Å². The average Bonchev–Trinajstić information content (AvgIpc) is 2.92. The first-order valence-corrected chi connectivity index (χ1v) is 5.92. The van der Waals surface area contributed by atoms with Gasteiger partial charge in [-0.3, -0.25) is 0 Å². The van der Waals surface area contributed by atoms with E-state index in [2.05, 4.69) is 10.1 Å². The lowest BCUT2D eigenvalue weighted by molar-refractivity contribution is 0.0697. The summed E-state index contributed by atoms with van der Waals surface area (Å²) < 4.78 is 5.10. The van der Waals surface area contributed by atoms with Gasteiger partial charge in [-0.05, 0) is 19.1 Å². The lowest BCUT2D eigenvalue weighted by Crippen LogP contribution is -1.96. The molecule has 3 rings (SSSR count). The molecule has 0 atom stereocenters. The Labute approximate surface area is 112 Å². The first-order chi connectivity index (χ1) is 9.09. The normalized spacial score (nSPS) is 11.1. The fraction of sp³-hybridized carbons (Fsp3) is 0.0769. The number of hydrogen-bond donors (Lipinski definition) is 2. The van der Waals surface area contributed by atoms with Crippen molar-refractivity contribution >= 4 is 28.5 Å². The Balaban J connectivity index is 2.39. The van der Waals surface area contributed by atoms with Crippen LogP contribution in [0.4, 0.5) is 0 Å². The van der Waals surface area contributed by atoms with Crippen LogP contribution in [-0.2, 0) is 0 Å². The number of carbonyl (C=O) groups is 1. The number of nitrogens with zero attached hydrogens (tertiary/aromatic N) is 1. The van der Waals surface area contributed by atoms with E-state index in [0.717, 1.165) is 16.6 Å². The molecule has 0 bridgehead atoms. The first-order valence-electron chi connectivity index (χ1n) is 5.54. The molecule has 0 radical (unpaired) electrons.